The van der Waals surface area contributed by atoms with E-state index in [0.29, 0.717) is 6.04 Å². The van der Waals surface area contributed by atoms with Crippen LogP contribution in [0, 0.1) is 12.7 Å². The summed E-state index contributed by atoms with van der Waals surface area (Å²) in [5, 5.41) is 3.50. The van der Waals surface area contributed by atoms with E-state index in [0.717, 1.165) is 37.1 Å². The third kappa shape index (κ3) is 4.49. The molecule has 3 heteroatoms. The largest absolute Gasteiger partial charge is 0.469 e. The highest BCUT2D eigenvalue weighted by Crippen LogP contribution is 2.11. The molecule has 20 heavy (non-hydrogen) atoms. The van der Waals surface area contributed by atoms with Gasteiger partial charge >= 0.3 is 0 Å². The van der Waals surface area contributed by atoms with Crippen molar-refractivity contribution >= 4 is 0 Å². The van der Waals surface area contributed by atoms with Crippen molar-refractivity contribution in [2.75, 3.05) is 6.54 Å². The molecule has 1 heterocycles. The Morgan fingerprint density at radius 3 is 2.80 bits per heavy atom. The van der Waals surface area contributed by atoms with Crippen molar-refractivity contribution in [2.45, 2.75) is 39.2 Å². The van der Waals surface area contributed by atoms with Crippen LogP contribution in [0.3, 0.4) is 0 Å². The highest BCUT2D eigenvalue weighted by atomic mass is 19.1. The van der Waals surface area contributed by atoms with Gasteiger partial charge in [-0.05, 0) is 68.6 Å². The molecule has 0 fully saturated rings. The number of benzene rings is 1. The van der Waals surface area contributed by atoms with E-state index in [4.69, 9.17) is 4.42 Å². The van der Waals surface area contributed by atoms with Crippen molar-refractivity contribution in [3.05, 3.63) is 59.3 Å². The van der Waals surface area contributed by atoms with Gasteiger partial charge in [0.2, 0.25) is 0 Å². The Labute approximate surface area is 120 Å². The zero-order valence-corrected chi connectivity index (χ0v) is 12.2. The molecule has 1 atom stereocenters. The summed E-state index contributed by atoms with van der Waals surface area (Å²) in [6.07, 6.45) is 4.65. The van der Waals surface area contributed by atoms with Gasteiger partial charge in [0.1, 0.15) is 11.6 Å². The van der Waals surface area contributed by atoms with Gasteiger partial charge in [-0.15, -0.1) is 0 Å². The molecule has 108 valence electrons. The zero-order chi connectivity index (χ0) is 14.4. The van der Waals surface area contributed by atoms with Crippen LogP contribution < -0.4 is 5.32 Å². The van der Waals surface area contributed by atoms with E-state index in [-0.39, 0.29) is 5.82 Å². The number of halogens is 1. The molecule has 1 N–H and O–H groups in total. The average Bonchev–Trinajstić information content (AvgIpc) is 2.92. The van der Waals surface area contributed by atoms with Crippen molar-refractivity contribution in [1.82, 2.24) is 5.32 Å². The molecule has 0 saturated carbocycles. The number of furan rings is 1. The van der Waals surface area contributed by atoms with Gasteiger partial charge in [-0.2, -0.15) is 0 Å². The minimum Gasteiger partial charge on any atom is -0.469 e. The standard InChI is InChI=1S/C17H22FNO/c1-13-12-16(18)7-6-15(13)9-10-19-14(2)5-8-17-4-3-11-20-17/h3-4,6-7,11-12,14,19H,5,8-10H2,1-2H3. The molecule has 2 aromatic rings. The second kappa shape index (κ2) is 7.25. The van der Waals surface area contributed by atoms with E-state index in [1.54, 1.807) is 12.3 Å². The third-order valence-electron chi connectivity index (χ3n) is 3.60. The second-order valence-corrected chi connectivity index (χ2v) is 5.29. The van der Waals surface area contributed by atoms with Gasteiger partial charge in [0.05, 0.1) is 6.26 Å². The van der Waals surface area contributed by atoms with Crippen LogP contribution in [0.25, 0.3) is 0 Å². The number of nitrogens with one attached hydrogen (secondary N) is 1. The molecule has 0 aliphatic heterocycles. The highest BCUT2D eigenvalue weighted by Gasteiger charge is 2.05. The van der Waals surface area contributed by atoms with E-state index in [9.17, 15) is 4.39 Å². The van der Waals surface area contributed by atoms with Gasteiger partial charge in [-0.1, -0.05) is 6.07 Å². The Morgan fingerprint density at radius 1 is 1.25 bits per heavy atom. The molecule has 0 spiro atoms. The predicted molar refractivity (Wildman–Crippen MR) is 79.3 cm³/mol. The van der Waals surface area contributed by atoms with Crippen LogP contribution in [0.15, 0.2) is 41.0 Å². The predicted octanol–water partition coefficient (Wildman–Crippen LogP) is 3.88. The van der Waals surface area contributed by atoms with Crippen molar-refractivity contribution in [2.24, 2.45) is 0 Å². The lowest BCUT2D eigenvalue weighted by Gasteiger charge is -2.13. The number of hydrogen-bond donors (Lipinski definition) is 1. The van der Waals surface area contributed by atoms with Crippen LogP contribution in [0.5, 0.6) is 0 Å². The first-order valence-electron chi connectivity index (χ1n) is 7.16. The van der Waals surface area contributed by atoms with Gasteiger partial charge in [0, 0.05) is 12.5 Å². The smallest absolute Gasteiger partial charge is 0.123 e. The van der Waals surface area contributed by atoms with Gasteiger partial charge in [0.25, 0.3) is 0 Å². The van der Waals surface area contributed by atoms with E-state index < -0.39 is 0 Å². The highest BCUT2D eigenvalue weighted by molar-refractivity contribution is 5.26. The zero-order valence-electron chi connectivity index (χ0n) is 12.2. The van der Waals surface area contributed by atoms with Crippen LogP contribution in [-0.4, -0.2) is 12.6 Å². The number of aryl methyl sites for hydroxylation is 2. The minimum absolute atomic E-state index is 0.161. The molecule has 2 nitrogen and oxygen atoms in total. The molecule has 0 bridgehead atoms. The first-order valence-corrected chi connectivity index (χ1v) is 7.16. The fourth-order valence-corrected chi connectivity index (χ4v) is 2.31. The van der Waals surface area contributed by atoms with Crippen LogP contribution >= 0.6 is 0 Å². The lowest BCUT2D eigenvalue weighted by Crippen LogP contribution is -2.28. The Kier molecular flexibility index (Phi) is 5.36. The first kappa shape index (κ1) is 14.8. The lowest BCUT2D eigenvalue weighted by atomic mass is 10.1. The summed E-state index contributed by atoms with van der Waals surface area (Å²) < 4.78 is 18.3. The Bertz CT molecular complexity index is 522. The van der Waals surface area contributed by atoms with Crippen LogP contribution in [0.4, 0.5) is 4.39 Å². The Morgan fingerprint density at radius 2 is 2.10 bits per heavy atom. The first-order chi connectivity index (χ1) is 9.65. The molecule has 2 rings (SSSR count). The molecular formula is C17H22FNO. The molecule has 0 radical (unpaired) electrons. The molecular weight excluding hydrogens is 253 g/mol. The monoisotopic (exact) mass is 275 g/mol. The maximum Gasteiger partial charge on any atom is 0.123 e. The fourth-order valence-electron chi connectivity index (χ4n) is 2.31. The van der Waals surface area contributed by atoms with Crippen LogP contribution in [0.2, 0.25) is 0 Å². The molecule has 1 aromatic heterocycles. The summed E-state index contributed by atoms with van der Waals surface area (Å²) in [5.41, 5.74) is 2.23. The lowest BCUT2D eigenvalue weighted by molar-refractivity contribution is 0.461. The van der Waals surface area contributed by atoms with Gasteiger partial charge in [-0.25, -0.2) is 4.39 Å². The fraction of sp³-hybridized carbons (Fsp3) is 0.412. The minimum atomic E-state index is -0.161. The Balaban J connectivity index is 1.69. The van der Waals surface area contributed by atoms with Gasteiger partial charge in [-0.3, -0.25) is 0 Å². The molecule has 0 saturated heterocycles. The SMILES string of the molecule is Cc1cc(F)ccc1CCNC(C)CCc1ccco1. The van der Waals surface area contributed by atoms with E-state index in [1.807, 2.05) is 25.1 Å². The van der Waals surface area contributed by atoms with Gasteiger partial charge in [0.15, 0.2) is 0 Å². The average molecular weight is 275 g/mol. The van der Waals surface area contributed by atoms with Gasteiger partial charge < -0.3 is 9.73 Å². The summed E-state index contributed by atoms with van der Waals surface area (Å²) in [4.78, 5) is 0. The molecule has 0 aliphatic carbocycles. The molecule has 1 aromatic carbocycles. The quantitative estimate of drug-likeness (QED) is 0.829. The molecule has 1 unspecified atom stereocenters. The summed E-state index contributed by atoms with van der Waals surface area (Å²) in [6, 6.07) is 9.37. The van der Waals surface area contributed by atoms with Crippen LogP contribution in [0.1, 0.15) is 30.2 Å². The maximum absolute atomic E-state index is 13.0. The summed E-state index contributed by atoms with van der Waals surface area (Å²) in [6.45, 7) is 5.05. The van der Waals surface area contributed by atoms with E-state index in [2.05, 4.69) is 12.2 Å². The van der Waals surface area contributed by atoms with Crippen LogP contribution in [-0.2, 0) is 12.8 Å². The topological polar surface area (TPSA) is 25.2 Å². The second-order valence-electron chi connectivity index (χ2n) is 5.29. The van der Waals surface area contributed by atoms with Crippen molar-refractivity contribution in [3.63, 3.8) is 0 Å². The molecule has 0 aliphatic rings. The number of hydrogen-bond acceptors (Lipinski definition) is 2. The van der Waals surface area contributed by atoms with E-state index >= 15 is 0 Å². The third-order valence-corrected chi connectivity index (χ3v) is 3.60. The Hall–Kier alpha value is -1.61. The number of rotatable bonds is 7. The summed E-state index contributed by atoms with van der Waals surface area (Å²) >= 11 is 0. The molecule has 0 amide bonds. The normalized spacial score (nSPS) is 12.6. The van der Waals surface area contributed by atoms with Crippen molar-refractivity contribution in [1.29, 1.82) is 0 Å². The van der Waals surface area contributed by atoms with E-state index in [1.165, 1.54) is 11.6 Å². The van der Waals surface area contributed by atoms with Crippen molar-refractivity contribution in [3.8, 4) is 0 Å². The maximum atomic E-state index is 13.0. The van der Waals surface area contributed by atoms with Crippen molar-refractivity contribution < 1.29 is 8.81 Å². The summed E-state index contributed by atoms with van der Waals surface area (Å²) in [7, 11) is 0. The summed E-state index contributed by atoms with van der Waals surface area (Å²) in [5.74, 6) is 0.874.